The Balaban J connectivity index is 1.35. The monoisotopic (exact) mass is 769 g/mol. The summed E-state index contributed by atoms with van der Waals surface area (Å²) in [6, 6.07) is 29.7. The number of aliphatic hydroxyl groups is 3. The summed E-state index contributed by atoms with van der Waals surface area (Å²) in [4.78, 5) is 16.5. The Morgan fingerprint density at radius 1 is 0.929 bits per heavy atom. The van der Waals surface area contributed by atoms with Crippen LogP contribution in [0.4, 0.5) is 13.2 Å². The fourth-order valence-electron chi connectivity index (χ4n) is 8.82. The second-order valence-corrected chi connectivity index (χ2v) is 16.2. The number of halogens is 3. The number of carbonyl (C=O) groups excluding carboxylic acids is 1. The molecule has 0 radical (unpaired) electrons. The zero-order valence-corrected chi connectivity index (χ0v) is 32.3. The quantitative estimate of drug-likeness (QED) is 0.0985. The summed E-state index contributed by atoms with van der Waals surface area (Å²) in [7, 11) is 0. The molecular formula is C47H54F3NO5. The van der Waals surface area contributed by atoms with Gasteiger partial charge in [0.1, 0.15) is 0 Å². The van der Waals surface area contributed by atoms with E-state index in [1.54, 1.807) is 6.07 Å². The van der Waals surface area contributed by atoms with Crippen molar-refractivity contribution in [2.45, 2.75) is 102 Å². The summed E-state index contributed by atoms with van der Waals surface area (Å²) in [5.41, 5.74) is 1.90. The number of nitrogens with zero attached hydrogens (tertiary/aromatic N) is 1. The van der Waals surface area contributed by atoms with Crippen molar-refractivity contribution in [2.75, 3.05) is 19.7 Å². The van der Waals surface area contributed by atoms with Gasteiger partial charge in [0.05, 0.1) is 36.6 Å². The van der Waals surface area contributed by atoms with Crippen LogP contribution in [-0.2, 0) is 30.5 Å². The van der Waals surface area contributed by atoms with Crippen molar-refractivity contribution in [1.82, 2.24) is 4.90 Å². The maximum absolute atomic E-state index is 14.4. The molecule has 4 aromatic carbocycles. The van der Waals surface area contributed by atoms with Crippen molar-refractivity contribution in [2.24, 2.45) is 5.41 Å². The third kappa shape index (κ3) is 10.1. The molecule has 3 aliphatic rings. The highest BCUT2D eigenvalue weighted by Gasteiger charge is 2.57. The van der Waals surface area contributed by atoms with E-state index in [0.29, 0.717) is 69.2 Å². The van der Waals surface area contributed by atoms with Crippen molar-refractivity contribution in [3.63, 3.8) is 0 Å². The summed E-state index contributed by atoms with van der Waals surface area (Å²) in [6.07, 6.45) is -0.215. The van der Waals surface area contributed by atoms with Crippen LogP contribution in [0.1, 0.15) is 102 Å². The fraction of sp³-hybridized carbons (Fsp3) is 0.426. The summed E-state index contributed by atoms with van der Waals surface area (Å²) in [5.74, 6) is -0.835. The van der Waals surface area contributed by atoms with Gasteiger partial charge in [-0.2, -0.15) is 13.2 Å². The highest BCUT2D eigenvalue weighted by atomic mass is 19.4. The van der Waals surface area contributed by atoms with Gasteiger partial charge in [0, 0.05) is 36.2 Å². The van der Waals surface area contributed by atoms with Crippen molar-refractivity contribution >= 4 is 5.78 Å². The molecule has 2 bridgehead atoms. The number of aliphatic hydroxyl groups excluding tert-OH is 2. The van der Waals surface area contributed by atoms with E-state index >= 15 is 0 Å². The van der Waals surface area contributed by atoms with Crippen LogP contribution in [0.25, 0.3) is 0 Å². The molecule has 298 valence electrons. The Hall–Kier alpha value is -4.12. The SMILES string of the molecule is CC1=CCCC2(C)C(CCC2(O)CN(Cc2ccccc2)CC(O)COCc2ccccc2)c2ccc(cc2C(=O)c2cccc(C(F)(F)F)c2)CC(O)CC1. The minimum Gasteiger partial charge on any atom is -0.393 e. The van der Waals surface area contributed by atoms with Crippen molar-refractivity contribution in [3.05, 3.63) is 154 Å². The van der Waals surface area contributed by atoms with Crippen LogP contribution < -0.4 is 0 Å². The van der Waals surface area contributed by atoms with Crippen LogP contribution >= 0.6 is 0 Å². The number of carbonyl (C=O) groups is 1. The third-order valence-electron chi connectivity index (χ3n) is 12.0. The fourth-order valence-corrected chi connectivity index (χ4v) is 8.82. The number of fused-ring (bicyclic) bond motifs is 8. The zero-order chi connectivity index (χ0) is 39.9. The average molecular weight is 770 g/mol. The van der Waals surface area contributed by atoms with Crippen molar-refractivity contribution in [3.8, 4) is 0 Å². The molecule has 0 aromatic heterocycles. The summed E-state index contributed by atoms with van der Waals surface area (Å²) in [6.45, 7) is 5.60. The Morgan fingerprint density at radius 3 is 2.36 bits per heavy atom. The van der Waals surface area contributed by atoms with Gasteiger partial charge in [0.2, 0.25) is 0 Å². The first-order chi connectivity index (χ1) is 26.7. The molecule has 4 aromatic rings. The molecule has 0 heterocycles. The number of benzene rings is 4. The summed E-state index contributed by atoms with van der Waals surface area (Å²) in [5, 5.41) is 35.3. The van der Waals surface area contributed by atoms with E-state index in [2.05, 4.69) is 24.8 Å². The second-order valence-electron chi connectivity index (χ2n) is 16.2. The Bertz CT molecular complexity index is 1950. The molecular weight excluding hydrogens is 716 g/mol. The van der Waals surface area contributed by atoms with Gasteiger partial charge in [-0.3, -0.25) is 9.69 Å². The van der Waals surface area contributed by atoms with Crippen molar-refractivity contribution in [1.29, 1.82) is 0 Å². The Kier molecular flexibility index (Phi) is 13.3. The van der Waals surface area contributed by atoms with Crippen LogP contribution in [0, 0.1) is 5.41 Å². The molecule has 56 heavy (non-hydrogen) atoms. The Labute approximate surface area is 328 Å². The van der Waals surface area contributed by atoms with Gasteiger partial charge in [-0.15, -0.1) is 0 Å². The van der Waals surface area contributed by atoms with E-state index in [0.717, 1.165) is 34.4 Å². The number of ether oxygens (including phenoxy) is 1. The number of hydrogen-bond acceptors (Lipinski definition) is 6. The van der Waals surface area contributed by atoms with Gasteiger partial charge in [-0.25, -0.2) is 0 Å². The molecule has 7 rings (SSSR count). The topological polar surface area (TPSA) is 90.2 Å². The number of alkyl halides is 3. The van der Waals surface area contributed by atoms with E-state index in [1.165, 1.54) is 12.1 Å². The predicted octanol–water partition coefficient (Wildman–Crippen LogP) is 9.05. The molecule has 1 saturated carbocycles. The Morgan fingerprint density at radius 2 is 1.64 bits per heavy atom. The minimum absolute atomic E-state index is 0.0640. The van der Waals surface area contributed by atoms with Crippen LogP contribution in [-0.4, -0.2) is 63.5 Å². The molecule has 5 unspecified atom stereocenters. The van der Waals surface area contributed by atoms with E-state index in [9.17, 15) is 33.3 Å². The normalized spacial score (nSPS) is 23.7. The van der Waals surface area contributed by atoms with Crippen LogP contribution in [0.5, 0.6) is 0 Å². The van der Waals surface area contributed by atoms with Gasteiger partial charge in [-0.1, -0.05) is 104 Å². The molecule has 6 nitrogen and oxygen atoms in total. The number of ketones is 1. The lowest BCUT2D eigenvalue weighted by atomic mass is 9.64. The number of allylic oxidation sites excluding steroid dienone is 2. The maximum atomic E-state index is 14.4. The van der Waals surface area contributed by atoms with E-state index in [1.807, 2.05) is 72.8 Å². The molecule has 0 saturated heterocycles. The van der Waals surface area contributed by atoms with Gasteiger partial charge in [-0.05, 0) is 98.2 Å². The number of rotatable bonds is 12. The molecule has 0 spiro atoms. The highest BCUT2D eigenvalue weighted by molar-refractivity contribution is 6.10. The smallest absolute Gasteiger partial charge is 0.393 e. The molecule has 1 fully saturated rings. The molecule has 0 amide bonds. The first kappa shape index (κ1) is 41.5. The lowest BCUT2D eigenvalue weighted by molar-refractivity contribution is -0.137. The van der Waals surface area contributed by atoms with E-state index < -0.39 is 40.7 Å². The molecule has 3 N–H and O–H groups in total. The van der Waals surface area contributed by atoms with Gasteiger partial charge >= 0.3 is 6.18 Å². The van der Waals surface area contributed by atoms with Crippen LogP contribution in [0.2, 0.25) is 0 Å². The van der Waals surface area contributed by atoms with Gasteiger partial charge in [0.15, 0.2) is 5.78 Å². The third-order valence-corrected chi connectivity index (χ3v) is 12.0. The summed E-state index contributed by atoms with van der Waals surface area (Å²) < 4.78 is 47.3. The lowest BCUT2D eigenvalue weighted by Crippen LogP contribution is -2.53. The van der Waals surface area contributed by atoms with Crippen LogP contribution in [0.15, 0.2) is 115 Å². The molecule has 5 atom stereocenters. The van der Waals surface area contributed by atoms with Crippen molar-refractivity contribution < 1.29 is 38.0 Å². The maximum Gasteiger partial charge on any atom is 0.416 e. The largest absolute Gasteiger partial charge is 0.416 e. The van der Waals surface area contributed by atoms with Gasteiger partial charge in [0.25, 0.3) is 0 Å². The van der Waals surface area contributed by atoms with E-state index in [4.69, 9.17) is 4.74 Å². The molecule has 9 heteroatoms. The summed E-state index contributed by atoms with van der Waals surface area (Å²) >= 11 is 0. The lowest BCUT2D eigenvalue weighted by Gasteiger charge is -2.46. The zero-order valence-electron chi connectivity index (χ0n) is 32.3. The first-order valence-electron chi connectivity index (χ1n) is 19.7. The van der Waals surface area contributed by atoms with E-state index in [-0.39, 0.29) is 31.2 Å². The highest BCUT2D eigenvalue weighted by Crippen LogP contribution is 2.59. The molecule has 0 aliphatic heterocycles. The number of hydrogen-bond donors (Lipinski definition) is 3. The molecule has 3 aliphatic carbocycles. The predicted molar refractivity (Wildman–Crippen MR) is 212 cm³/mol. The minimum atomic E-state index is -4.61. The first-order valence-corrected chi connectivity index (χ1v) is 19.7. The van der Waals surface area contributed by atoms with Gasteiger partial charge < -0.3 is 20.1 Å². The standard InChI is InChI=1S/C47H54F3NO5/c1-33-11-10-23-45(2)43(41-21-19-36(25-39(52)20-18-33)26-42(41)44(54)37-16-9-17-38(27-37)47(48,49)50)22-24-46(45,55)32-51(28-34-12-5-3-6-13-34)29-40(53)31-56-30-35-14-7-4-8-15-35/h3-9,11-17,19,21,26-27,39-40,43,52-53,55H,10,18,20,22-25,28-32H2,1-2H3. The second kappa shape index (κ2) is 18.0. The van der Waals surface area contributed by atoms with Crippen LogP contribution in [0.3, 0.4) is 0 Å². The average Bonchev–Trinajstić information content (AvgIpc) is 3.42.